The van der Waals surface area contributed by atoms with Gasteiger partial charge in [-0.15, -0.1) is 25.6 Å². The highest BCUT2D eigenvalue weighted by atomic mass is 32.2. The maximum absolute atomic E-state index is 12.9. The van der Waals surface area contributed by atoms with Crippen LogP contribution in [0.1, 0.15) is 10.5 Å². The second kappa shape index (κ2) is 16.3. The Balaban J connectivity index is 1.69. The minimum absolute atomic E-state index is 0.187. The van der Waals surface area contributed by atoms with Gasteiger partial charge in [0.15, 0.2) is 17.2 Å². The average molecular weight is 969 g/mol. The fourth-order valence-corrected chi connectivity index (χ4v) is 7.67. The molecule has 334 valence electrons. The van der Waals surface area contributed by atoms with E-state index < -0.39 is 157 Å². The number of carboxylic acids is 1. The molecule has 0 aliphatic rings. The van der Waals surface area contributed by atoms with E-state index in [9.17, 15) is 100 Å². The zero-order chi connectivity index (χ0) is 47.4. The molecule has 7 N–H and O–H groups in total. The molecule has 0 saturated heterocycles. The van der Waals surface area contributed by atoms with E-state index in [0.717, 1.165) is 6.07 Å². The van der Waals surface area contributed by atoms with Gasteiger partial charge in [0.1, 0.15) is 54.1 Å². The zero-order valence-electron chi connectivity index (χ0n) is 29.6. The summed E-state index contributed by atoms with van der Waals surface area (Å²) in [6, 6.07) is 3.89. The number of halogens is 3. The Hall–Kier alpha value is -7.15. The van der Waals surface area contributed by atoms with Crippen molar-refractivity contribution in [1.29, 1.82) is 0 Å². The molecule has 0 bridgehead atoms. The second-order valence-corrected chi connectivity index (χ2v) is 17.4. The molecule has 0 atom stereocenters. The molecule has 0 unspecified atom stereocenters. The fraction of sp³-hybridized carbons (Fsp3) is 0.0714. The number of aromatic hydroxyl groups is 3. The van der Waals surface area contributed by atoms with E-state index >= 15 is 0 Å². The Morgan fingerprint density at radius 1 is 0.698 bits per heavy atom. The van der Waals surface area contributed by atoms with Crippen LogP contribution in [0.5, 0.6) is 17.4 Å². The summed E-state index contributed by atoms with van der Waals surface area (Å²) in [5.41, 5.74) is -8.72. The van der Waals surface area contributed by atoms with E-state index in [1.165, 1.54) is 0 Å². The van der Waals surface area contributed by atoms with Crippen LogP contribution in [0.2, 0.25) is 0 Å². The third-order valence-corrected chi connectivity index (χ3v) is 11.1. The molecule has 1 aromatic heterocycles. The van der Waals surface area contributed by atoms with E-state index in [0.29, 0.717) is 36.4 Å². The topological polar surface area (TPSA) is 453 Å². The number of non-ortho nitro benzene ring substituents is 1. The van der Waals surface area contributed by atoms with Crippen molar-refractivity contribution in [1.82, 2.24) is 9.78 Å². The third kappa shape index (κ3) is 10.2. The average Bonchev–Trinajstić information content (AvgIpc) is 3.44. The molecule has 5 rings (SSSR count). The van der Waals surface area contributed by atoms with Crippen molar-refractivity contribution in [2.24, 2.45) is 30.7 Å². The van der Waals surface area contributed by atoms with Gasteiger partial charge < -0.3 is 25.0 Å². The van der Waals surface area contributed by atoms with Crippen LogP contribution in [0, 0.1) is 10.1 Å². The Kier molecular flexibility index (Phi) is 12.1. The van der Waals surface area contributed by atoms with E-state index in [1.807, 2.05) is 0 Å². The number of fused-ring (bicyclic) bond motifs is 1. The van der Waals surface area contributed by atoms with Gasteiger partial charge in [-0.25, -0.2) is 17.9 Å². The lowest BCUT2D eigenvalue weighted by atomic mass is 10.1. The summed E-state index contributed by atoms with van der Waals surface area (Å²) in [6.07, 6.45) is -5.01. The van der Waals surface area contributed by atoms with Crippen molar-refractivity contribution in [2.45, 2.75) is 32.3 Å². The number of rotatable bonds is 13. The molecule has 63 heavy (non-hydrogen) atoms. The molecule has 0 aliphatic carbocycles. The molecule has 1 heterocycles. The number of aromatic carboxylic acids is 1. The van der Waals surface area contributed by atoms with E-state index in [4.69, 9.17) is 0 Å². The summed E-state index contributed by atoms with van der Waals surface area (Å²) in [7, 11) is -22.2. The molecule has 0 fully saturated rings. The number of nitro benzene ring substituents is 1. The van der Waals surface area contributed by atoms with Crippen LogP contribution in [0.4, 0.5) is 53.0 Å². The molecular weight excluding hydrogens is 952 g/mol. The Morgan fingerprint density at radius 2 is 1.17 bits per heavy atom. The number of benzene rings is 4. The first-order valence-corrected chi connectivity index (χ1v) is 21.2. The van der Waals surface area contributed by atoms with Crippen LogP contribution in [-0.4, -0.2) is 99.2 Å². The predicted molar refractivity (Wildman–Crippen MR) is 194 cm³/mol. The van der Waals surface area contributed by atoms with Crippen molar-refractivity contribution in [3.8, 4) is 17.4 Å². The molecule has 0 spiro atoms. The molecule has 4 aromatic carbocycles. The number of phenols is 2. The number of carboxylic acid groups (broad SMARTS) is 1. The van der Waals surface area contributed by atoms with E-state index in [2.05, 4.69) is 35.8 Å². The van der Waals surface area contributed by atoms with Crippen LogP contribution in [0.15, 0.2) is 98.8 Å². The normalized spacial score (nSPS) is 13.2. The Morgan fingerprint density at radius 3 is 1.65 bits per heavy atom. The van der Waals surface area contributed by atoms with Crippen molar-refractivity contribution >= 4 is 97.0 Å². The number of hydrogen-bond acceptors (Lipinski definition) is 22. The number of carbonyl (C=O) groups is 1. The van der Waals surface area contributed by atoms with Gasteiger partial charge in [0.05, 0.1) is 20.9 Å². The maximum atomic E-state index is 12.9. The largest absolute Gasteiger partial charge is 0.744 e. The van der Waals surface area contributed by atoms with Crippen molar-refractivity contribution in [3.63, 3.8) is 0 Å². The van der Waals surface area contributed by atoms with Gasteiger partial charge in [-0.05, 0) is 41.8 Å². The highest BCUT2D eigenvalue weighted by molar-refractivity contribution is 7.86. The highest BCUT2D eigenvalue weighted by Crippen LogP contribution is 2.50. The van der Waals surface area contributed by atoms with Crippen LogP contribution in [0.25, 0.3) is 10.8 Å². The number of nitro groups is 1. The zero-order valence-corrected chi connectivity index (χ0v) is 32.9. The third-order valence-electron chi connectivity index (χ3n) is 7.67. The van der Waals surface area contributed by atoms with E-state index in [1.54, 1.807) is 0 Å². The van der Waals surface area contributed by atoms with Crippen LogP contribution in [-0.2, 0) is 47.0 Å². The Labute approximate surface area is 345 Å². The summed E-state index contributed by atoms with van der Waals surface area (Å²) in [5, 5.41) is 74.1. The molecule has 0 saturated carbocycles. The fourth-order valence-electron chi connectivity index (χ4n) is 5.08. The SMILES string of the molecule is O=C(O)c1nn(CC(F)(F)F)c(O)c1N=Nc1ccc(N=Nc2c(S(=O)(=O)O)cc3cc(S(=O)(=O)[O-])c(N=Nc4ccc([N+](=O)[O-])cc4S(=O)(=O)O)c(O)c3c2O)c(S(=O)(=O)O)c1. The van der Waals surface area contributed by atoms with Gasteiger partial charge in [-0.3, -0.25) is 23.8 Å². The smallest absolute Gasteiger partial charge is 0.408 e. The lowest BCUT2D eigenvalue weighted by Crippen LogP contribution is -2.18. The number of azo groups is 3. The first-order chi connectivity index (χ1) is 28.8. The lowest BCUT2D eigenvalue weighted by Gasteiger charge is -2.16. The van der Waals surface area contributed by atoms with Crippen molar-refractivity contribution < 1.29 is 95.2 Å². The minimum atomic E-state index is -5.82. The standard InChI is InChI=1S/C28H18F3N9O19S4/c29-28(30,31)9-39-26(43)22(23(38-39)27(44)45)37-32-11-1-3-13(15(7-11)60(48,49)50)33-35-20-17(62(54,55)56)5-10-6-18(63(57,58)59)21(25(42)19(10)24(20)41)36-34-14-4-2-12(40(46)47)8-16(14)61(51,52)53/h1-8,41-43H,9H2,(H,44,45)(H,48,49,50)(H,51,52,53)(H,54,55,56)(H,57,58,59)/p-1. The quantitative estimate of drug-likeness (QED) is 0.0344. The summed E-state index contributed by atoms with van der Waals surface area (Å²) in [5.74, 6) is -6.58. The van der Waals surface area contributed by atoms with Crippen molar-refractivity contribution in [2.75, 3.05) is 0 Å². The van der Waals surface area contributed by atoms with E-state index in [-0.39, 0.29) is 10.7 Å². The van der Waals surface area contributed by atoms with Crippen LogP contribution >= 0.6 is 0 Å². The monoisotopic (exact) mass is 968 g/mol. The van der Waals surface area contributed by atoms with Gasteiger partial charge in [-0.2, -0.15) is 48.6 Å². The van der Waals surface area contributed by atoms with Crippen LogP contribution < -0.4 is 0 Å². The summed E-state index contributed by atoms with van der Waals surface area (Å²) < 4.78 is 178. The maximum Gasteiger partial charge on any atom is 0.408 e. The predicted octanol–water partition coefficient (Wildman–Crippen LogP) is 5.21. The Bertz CT molecular complexity index is 3360. The van der Waals surface area contributed by atoms with Crippen LogP contribution in [0.3, 0.4) is 0 Å². The number of alkyl halides is 3. The molecule has 0 amide bonds. The van der Waals surface area contributed by atoms with Gasteiger partial charge in [0, 0.05) is 12.1 Å². The summed E-state index contributed by atoms with van der Waals surface area (Å²) in [4.78, 5) is 15.9. The van der Waals surface area contributed by atoms with Gasteiger partial charge in [0.2, 0.25) is 11.6 Å². The number of nitrogens with zero attached hydrogens (tertiary/aromatic N) is 9. The summed E-state index contributed by atoms with van der Waals surface area (Å²) in [6.45, 7) is -1.98. The minimum Gasteiger partial charge on any atom is -0.744 e. The van der Waals surface area contributed by atoms with Gasteiger partial charge in [-0.1, -0.05) is 0 Å². The molecule has 0 aliphatic heterocycles. The van der Waals surface area contributed by atoms with Gasteiger partial charge >= 0.3 is 12.1 Å². The second-order valence-electron chi connectivity index (χ2n) is 11.9. The van der Waals surface area contributed by atoms with Gasteiger partial charge in [0.25, 0.3) is 36.0 Å². The first kappa shape index (κ1) is 46.9. The lowest BCUT2D eigenvalue weighted by molar-refractivity contribution is -0.385. The molecule has 0 radical (unpaired) electrons. The molecular formula is C28H17F3N9O19S4-. The number of hydrogen-bond donors (Lipinski definition) is 7. The number of aromatic nitrogens is 2. The first-order valence-electron chi connectivity index (χ1n) is 15.5. The molecule has 35 heteroatoms. The highest BCUT2D eigenvalue weighted by Gasteiger charge is 2.33. The summed E-state index contributed by atoms with van der Waals surface area (Å²) >= 11 is 0. The molecule has 28 nitrogen and oxygen atoms in total. The molecule has 5 aromatic rings. The number of phenolic OH excluding ortho intramolecular Hbond substituents is 2. The van der Waals surface area contributed by atoms with Crippen molar-refractivity contribution in [3.05, 3.63) is 64.3 Å².